The first kappa shape index (κ1) is 33.8. The van der Waals surface area contributed by atoms with Gasteiger partial charge in [0.1, 0.15) is 24.7 Å². The van der Waals surface area contributed by atoms with Gasteiger partial charge < -0.3 is 34.7 Å². The van der Waals surface area contributed by atoms with Crippen molar-refractivity contribution in [3.8, 4) is 34.3 Å². The van der Waals surface area contributed by atoms with Crippen molar-refractivity contribution >= 4 is 11.9 Å². The van der Waals surface area contributed by atoms with Gasteiger partial charge in [-0.05, 0) is 37.8 Å². The summed E-state index contributed by atoms with van der Waals surface area (Å²) in [6.07, 6.45) is 10.5. The van der Waals surface area contributed by atoms with Gasteiger partial charge in [-0.15, -0.1) is 0 Å². The van der Waals surface area contributed by atoms with Gasteiger partial charge in [0, 0.05) is 60.6 Å². The van der Waals surface area contributed by atoms with Crippen molar-refractivity contribution in [3.63, 3.8) is 0 Å². The van der Waals surface area contributed by atoms with Gasteiger partial charge in [-0.25, -0.2) is 4.79 Å². The number of benzene rings is 2. The van der Waals surface area contributed by atoms with Crippen LogP contribution in [-0.4, -0.2) is 70.0 Å². The van der Waals surface area contributed by atoms with Crippen molar-refractivity contribution < 1.29 is 33.2 Å². The van der Waals surface area contributed by atoms with Gasteiger partial charge in [0.05, 0.1) is 35.6 Å². The van der Waals surface area contributed by atoms with Gasteiger partial charge in [0.2, 0.25) is 23.4 Å². The van der Waals surface area contributed by atoms with E-state index in [9.17, 15) is 9.59 Å². The number of nitrogens with zero attached hydrogens (tertiary/aromatic N) is 8. The zero-order chi connectivity index (χ0) is 36.6. The fraction of sp³-hybridized carbons (Fsp3) is 0.333. The number of nitrogens with two attached hydrogens (primary N) is 1. The number of rotatable bonds is 7. The van der Waals surface area contributed by atoms with Gasteiger partial charge in [0.15, 0.2) is 0 Å². The largest absolute Gasteiger partial charge is 0.491 e. The number of carbonyl (C=O) groups is 2. The number of ether oxygens (including phenoxy) is 2. The number of aromatic carboxylic acids is 1. The number of aromatic nitrogens is 8. The molecule has 4 N–H and O–H groups in total. The fourth-order valence-corrected chi connectivity index (χ4v) is 5.85. The highest BCUT2D eigenvalue weighted by Crippen LogP contribution is 2.41. The molecule has 2 aliphatic heterocycles. The van der Waals surface area contributed by atoms with E-state index in [0.717, 1.165) is 65.3 Å². The number of nitrogens with one attached hydrogen (secondary N) is 1. The molecule has 4 aliphatic rings. The predicted molar refractivity (Wildman–Crippen MR) is 185 cm³/mol. The molecule has 2 atom stereocenters. The Morgan fingerprint density at radius 3 is 1.81 bits per heavy atom. The van der Waals surface area contributed by atoms with Crippen LogP contribution >= 0.6 is 0 Å². The lowest BCUT2D eigenvalue weighted by molar-refractivity contribution is 0.0696. The second kappa shape index (κ2) is 14.0. The fourth-order valence-electron chi connectivity index (χ4n) is 5.85. The molecule has 0 bridgehead atoms. The van der Waals surface area contributed by atoms with Crippen molar-refractivity contribution in [2.75, 3.05) is 13.2 Å². The van der Waals surface area contributed by atoms with Crippen LogP contribution in [0.25, 0.3) is 22.8 Å². The molecule has 17 nitrogen and oxygen atoms in total. The number of aryl methyl sites for hydroxylation is 2. The molecule has 2 unspecified atom stereocenters. The zero-order valence-electron chi connectivity index (χ0n) is 28.9. The van der Waals surface area contributed by atoms with E-state index in [1.165, 1.54) is 17.1 Å². The van der Waals surface area contributed by atoms with Crippen molar-refractivity contribution in [2.24, 2.45) is 19.8 Å². The van der Waals surface area contributed by atoms with Crippen LogP contribution < -0.4 is 20.5 Å². The van der Waals surface area contributed by atoms with Crippen LogP contribution in [-0.2, 0) is 14.1 Å². The molecule has 0 spiro atoms. The van der Waals surface area contributed by atoms with E-state index in [4.69, 9.17) is 29.4 Å². The van der Waals surface area contributed by atoms with E-state index < -0.39 is 5.97 Å². The van der Waals surface area contributed by atoms with Crippen LogP contribution in [0.3, 0.4) is 0 Å². The summed E-state index contributed by atoms with van der Waals surface area (Å²) in [5.41, 5.74) is 10.4. The maximum atomic E-state index is 12.3. The Kier molecular flexibility index (Phi) is 8.91. The van der Waals surface area contributed by atoms with Crippen LogP contribution in [0.5, 0.6) is 11.5 Å². The van der Waals surface area contributed by atoms with Gasteiger partial charge in [0.25, 0.3) is 5.91 Å². The Balaban J connectivity index is 0.000000128. The quantitative estimate of drug-likeness (QED) is 0.209. The summed E-state index contributed by atoms with van der Waals surface area (Å²) in [6.45, 7) is 0.933. The predicted octanol–water partition coefficient (Wildman–Crippen LogP) is 4.34. The number of carboxylic acid groups (broad SMARTS) is 1. The standard InChI is InChI=1S/C18H17N5O3.C13H13N3O2.C5H6N2O2/c1-23-8-12(7-19-23)17(24)20-14-9-25-15-6-11(4-5-13(14)15)16-21-18(26-22-16)10-2-3-10;14-10-6-17-11-5-8(3-4-9(10)11)12-15-13(18-16-12)7-1-2-7;1-7-3-4(2-6-7)5(8)9/h4-8,10,14H,2-3,9H2,1H3,(H,20,24);3-5,7,10H,1-2,6,14H2;2-3H,1H3,(H,8,9). The molecule has 17 heteroatoms. The molecular formula is C36H36N10O7. The van der Waals surface area contributed by atoms with Crippen LogP contribution in [0.4, 0.5) is 0 Å². The van der Waals surface area contributed by atoms with Crippen molar-refractivity contribution in [1.29, 1.82) is 0 Å². The number of fused-ring (bicyclic) bond motifs is 2. The summed E-state index contributed by atoms with van der Waals surface area (Å²) in [7, 11) is 3.45. The van der Waals surface area contributed by atoms with Crippen LogP contribution in [0.15, 0.2) is 70.2 Å². The SMILES string of the molecule is Cn1cc(C(=O)NC2COc3cc(-c4noc(C5CC5)n4)ccc32)cn1.Cn1cc(C(=O)O)cn1.NC1COc2cc(-c3noc(C4CC4)n3)ccc21. The molecule has 0 saturated heterocycles. The van der Waals surface area contributed by atoms with Gasteiger partial charge in [-0.3, -0.25) is 14.2 Å². The lowest BCUT2D eigenvalue weighted by atomic mass is 10.1. The molecule has 4 aromatic heterocycles. The minimum Gasteiger partial charge on any atom is -0.491 e. The van der Waals surface area contributed by atoms with Crippen LogP contribution in [0.2, 0.25) is 0 Å². The topological polar surface area (TPSA) is 224 Å². The molecule has 2 saturated carbocycles. The third-order valence-corrected chi connectivity index (χ3v) is 9.10. The second-order valence-corrected chi connectivity index (χ2v) is 13.3. The first-order valence-corrected chi connectivity index (χ1v) is 17.2. The summed E-state index contributed by atoms with van der Waals surface area (Å²) < 4.78 is 24.9. The Hall–Kier alpha value is -6.36. The maximum absolute atomic E-state index is 12.3. The molecule has 0 radical (unpaired) electrons. The highest BCUT2D eigenvalue weighted by molar-refractivity contribution is 5.94. The van der Waals surface area contributed by atoms with E-state index in [-0.39, 0.29) is 23.6 Å². The second-order valence-electron chi connectivity index (χ2n) is 13.3. The number of amides is 1. The van der Waals surface area contributed by atoms with Crippen molar-refractivity contribution in [2.45, 2.75) is 49.6 Å². The summed E-state index contributed by atoms with van der Waals surface area (Å²) in [5, 5.41) is 27.1. The third kappa shape index (κ3) is 7.50. The zero-order valence-corrected chi connectivity index (χ0v) is 28.9. The molecule has 2 aromatic carbocycles. The first-order valence-electron chi connectivity index (χ1n) is 17.2. The number of hydrogen-bond acceptors (Lipinski definition) is 13. The molecule has 10 rings (SSSR count). The van der Waals surface area contributed by atoms with E-state index in [1.807, 2.05) is 36.4 Å². The highest BCUT2D eigenvalue weighted by atomic mass is 16.5. The van der Waals surface area contributed by atoms with Crippen molar-refractivity contribution in [1.82, 2.24) is 45.2 Å². The van der Waals surface area contributed by atoms with Gasteiger partial charge in [-0.2, -0.15) is 20.2 Å². The normalized spacial score (nSPS) is 18.0. The lowest BCUT2D eigenvalue weighted by Crippen LogP contribution is -2.29. The van der Waals surface area contributed by atoms with E-state index in [0.29, 0.717) is 48.2 Å². The third-order valence-electron chi connectivity index (χ3n) is 9.10. The number of carboxylic acids is 1. The summed E-state index contributed by atoms with van der Waals surface area (Å²) in [6, 6.07) is 11.4. The Bertz CT molecular complexity index is 2280. The van der Waals surface area contributed by atoms with Crippen LogP contribution in [0.1, 0.15) is 93.2 Å². The number of hydrogen-bond donors (Lipinski definition) is 3. The molecule has 2 aliphatic carbocycles. The Morgan fingerprint density at radius 1 is 0.774 bits per heavy atom. The molecule has 53 heavy (non-hydrogen) atoms. The van der Waals surface area contributed by atoms with Crippen LogP contribution in [0, 0.1) is 0 Å². The summed E-state index contributed by atoms with van der Waals surface area (Å²) in [4.78, 5) is 31.4. The van der Waals surface area contributed by atoms with E-state index in [1.54, 1.807) is 31.2 Å². The summed E-state index contributed by atoms with van der Waals surface area (Å²) in [5.74, 6) is 4.02. The molecule has 2 fully saturated rings. The maximum Gasteiger partial charge on any atom is 0.338 e. The average Bonchev–Trinajstić information content (AvgIpc) is 3.70. The minimum absolute atomic E-state index is 0.0265. The molecule has 272 valence electrons. The monoisotopic (exact) mass is 720 g/mol. The first-order chi connectivity index (χ1) is 25.7. The minimum atomic E-state index is -0.942. The summed E-state index contributed by atoms with van der Waals surface area (Å²) >= 11 is 0. The Labute approximate surface area is 302 Å². The van der Waals surface area contributed by atoms with Gasteiger partial charge in [-0.1, -0.05) is 34.6 Å². The molecule has 6 aromatic rings. The molecule has 1 amide bonds. The smallest absolute Gasteiger partial charge is 0.338 e. The van der Waals surface area contributed by atoms with Crippen molar-refractivity contribution in [3.05, 3.63) is 95.2 Å². The Morgan fingerprint density at radius 2 is 1.30 bits per heavy atom. The molecular weight excluding hydrogens is 684 g/mol. The lowest BCUT2D eigenvalue weighted by Gasteiger charge is -2.10. The average molecular weight is 721 g/mol. The van der Waals surface area contributed by atoms with Gasteiger partial charge >= 0.3 is 5.97 Å². The molecule has 6 heterocycles. The van der Waals surface area contributed by atoms with E-state index in [2.05, 4.69) is 35.8 Å². The highest BCUT2D eigenvalue weighted by Gasteiger charge is 2.32. The van der Waals surface area contributed by atoms with E-state index >= 15 is 0 Å². The number of carbonyl (C=O) groups excluding carboxylic acids is 1.